The van der Waals surface area contributed by atoms with Crippen molar-refractivity contribution in [2.24, 2.45) is 5.10 Å². The van der Waals surface area contributed by atoms with Gasteiger partial charge in [0.1, 0.15) is 5.75 Å². The van der Waals surface area contributed by atoms with Gasteiger partial charge in [-0.1, -0.05) is 41.4 Å². The number of nitrogens with zero attached hydrogens (tertiary/aromatic N) is 5. The van der Waals surface area contributed by atoms with Gasteiger partial charge in [0.15, 0.2) is 0 Å². The van der Waals surface area contributed by atoms with E-state index in [-0.39, 0.29) is 10.6 Å². The predicted octanol–water partition coefficient (Wildman–Crippen LogP) is 6.19. The van der Waals surface area contributed by atoms with Crippen molar-refractivity contribution in [3.63, 3.8) is 0 Å². The summed E-state index contributed by atoms with van der Waals surface area (Å²) in [7, 11) is 0. The average Bonchev–Trinajstić information content (AvgIpc) is 3.45. The van der Waals surface area contributed by atoms with Crippen LogP contribution in [-0.2, 0) is 0 Å². The minimum atomic E-state index is -0.571. The number of halogens is 2. The highest BCUT2D eigenvalue weighted by Gasteiger charge is 2.18. The SMILES string of the molecule is O=C(Oc1ccc(/C=N\Nc2nc(Nc3ccccc3)nc(N3CCCC3)n2)cc1)c1ccc(Cl)cc1Cl. The molecule has 192 valence electrons. The zero-order valence-electron chi connectivity index (χ0n) is 20.1. The van der Waals surface area contributed by atoms with E-state index >= 15 is 0 Å². The molecule has 1 fully saturated rings. The molecular weight excluding hydrogens is 525 g/mol. The van der Waals surface area contributed by atoms with Crippen LogP contribution in [0.3, 0.4) is 0 Å². The molecule has 0 atom stereocenters. The molecule has 1 aliphatic rings. The van der Waals surface area contributed by atoms with Gasteiger partial charge in [0, 0.05) is 23.8 Å². The summed E-state index contributed by atoms with van der Waals surface area (Å²) < 4.78 is 5.41. The zero-order valence-corrected chi connectivity index (χ0v) is 21.7. The molecule has 0 bridgehead atoms. The van der Waals surface area contributed by atoms with E-state index in [0.717, 1.165) is 37.2 Å². The number of rotatable bonds is 8. The van der Waals surface area contributed by atoms with Gasteiger partial charge in [-0.3, -0.25) is 0 Å². The Morgan fingerprint density at radius 3 is 2.39 bits per heavy atom. The van der Waals surface area contributed by atoms with Crippen molar-refractivity contribution in [3.05, 3.63) is 94.0 Å². The fraction of sp³-hybridized carbons (Fsp3) is 0.148. The molecule has 5 rings (SSSR count). The van der Waals surface area contributed by atoms with E-state index in [1.807, 2.05) is 30.3 Å². The van der Waals surface area contributed by atoms with E-state index in [0.29, 0.717) is 28.6 Å². The monoisotopic (exact) mass is 547 g/mol. The number of anilines is 4. The smallest absolute Gasteiger partial charge is 0.345 e. The highest BCUT2D eigenvalue weighted by atomic mass is 35.5. The number of carbonyl (C=O) groups excluding carboxylic acids is 1. The summed E-state index contributed by atoms with van der Waals surface area (Å²) in [6, 6.07) is 21.2. The number of nitrogens with one attached hydrogen (secondary N) is 2. The van der Waals surface area contributed by atoms with Gasteiger partial charge in [0.05, 0.1) is 16.8 Å². The molecule has 1 aromatic heterocycles. The molecule has 0 spiro atoms. The van der Waals surface area contributed by atoms with Crippen LogP contribution < -0.4 is 20.4 Å². The molecule has 2 N–H and O–H groups in total. The number of esters is 1. The van der Waals surface area contributed by atoms with Crippen LogP contribution in [0.5, 0.6) is 5.75 Å². The number of benzene rings is 3. The van der Waals surface area contributed by atoms with Crippen LogP contribution in [0.25, 0.3) is 0 Å². The fourth-order valence-corrected chi connectivity index (χ4v) is 4.27. The molecule has 0 saturated carbocycles. The third-order valence-corrected chi connectivity index (χ3v) is 6.21. The Morgan fingerprint density at radius 2 is 1.66 bits per heavy atom. The number of ether oxygens (including phenoxy) is 1. The Labute approximate surface area is 229 Å². The van der Waals surface area contributed by atoms with Crippen LogP contribution in [0.15, 0.2) is 77.9 Å². The van der Waals surface area contributed by atoms with E-state index in [2.05, 4.69) is 35.7 Å². The lowest BCUT2D eigenvalue weighted by atomic mass is 10.2. The van der Waals surface area contributed by atoms with Crippen LogP contribution in [0.4, 0.5) is 23.5 Å². The molecule has 1 aliphatic heterocycles. The van der Waals surface area contributed by atoms with Gasteiger partial charge >= 0.3 is 5.97 Å². The maximum atomic E-state index is 12.4. The molecule has 0 amide bonds. The van der Waals surface area contributed by atoms with E-state index < -0.39 is 5.97 Å². The van der Waals surface area contributed by atoms with Gasteiger partial charge in [-0.25, -0.2) is 10.2 Å². The predicted molar refractivity (Wildman–Crippen MR) is 150 cm³/mol. The lowest BCUT2D eigenvalue weighted by Crippen LogP contribution is -2.21. The minimum absolute atomic E-state index is 0.227. The van der Waals surface area contributed by atoms with E-state index in [9.17, 15) is 4.79 Å². The first kappa shape index (κ1) is 25.4. The molecule has 2 heterocycles. The molecule has 11 heteroatoms. The second-order valence-corrected chi connectivity index (χ2v) is 9.26. The summed E-state index contributed by atoms with van der Waals surface area (Å²) in [6.45, 7) is 1.80. The number of para-hydroxylation sites is 1. The van der Waals surface area contributed by atoms with Crippen LogP contribution in [0.2, 0.25) is 10.0 Å². The maximum absolute atomic E-state index is 12.4. The number of hydrogen-bond donors (Lipinski definition) is 2. The molecule has 9 nitrogen and oxygen atoms in total. The van der Waals surface area contributed by atoms with Gasteiger partial charge in [-0.05, 0) is 73.0 Å². The van der Waals surface area contributed by atoms with Crippen LogP contribution in [0, 0.1) is 0 Å². The Hall–Kier alpha value is -4.21. The van der Waals surface area contributed by atoms with E-state index in [4.69, 9.17) is 27.9 Å². The summed E-state index contributed by atoms with van der Waals surface area (Å²) in [4.78, 5) is 28.1. The number of carbonyl (C=O) groups is 1. The van der Waals surface area contributed by atoms with Gasteiger partial charge in [-0.15, -0.1) is 0 Å². The van der Waals surface area contributed by atoms with Crippen LogP contribution in [0.1, 0.15) is 28.8 Å². The molecule has 0 unspecified atom stereocenters. The van der Waals surface area contributed by atoms with Crippen molar-refractivity contribution in [2.75, 3.05) is 28.7 Å². The van der Waals surface area contributed by atoms with Crippen molar-refractivity contribution in [1.29, 1.82) is 0 Å². The van der Waals surface area contributed by atoms with Crippen molar-refractivity contribution in [1.82, 2.24) is 15.0 Å². The summed E-state index contributed by atoms with van der Waals surface area (Å²) >= 11 is 12.0. The normalized spacial score (nSPS) is 13.1. The molecule has 3 aromatic carbocycles. The van der Waals surface area contributed by atoms with E-state index in [1.165, 1.54) is 12.1 Å². The highest BCUT2D eigenvalue weighted by Crippen LogP contribution is 2.23. The Morgan fingerprint density at radius 1 is 0.921 bits per heavy atom. The molecule has 1 saturated heterocycles. The second-order valence-electron chi connectivity index (χ2n) is 8.42. The standard InChI is InChI=1S/C27H23Cl2N7O2/c28-19-10-13-22(23(29)16-19)24(37)38-21-11-8-18(9-12-21)17-30-35-26-32-25(31-20-6-2-1-3-7-20)33-27(34-26)36-14-4-5-15-36/h1-3,6-13,16-17H,4-5,14-15H2,(H2,31,32,33,34,35)/b30-17-. The van der Waals surface area contributed by atoms with Gasteiger partial charge in [0.2, 0.25) is 17.8 Å². The summed E-state index contributed by atoms with van der Waals surface area (Å²) in [5, 5.41) is 8.16. The Kier molecular flexibility index (Phi) is 7.96. The lowest BCUT2D eigenvalue weighted by molar-refractivity contribution is 0.0735. The Bertz CT molecular complexity index is 1440. The topological polar surface area (TPSA) is 105 Å². The van der Waals surface area contributed by atoms with Crippen molar-refractivity contribution in [3.8, 4) is 5.75 Å². The van der Waals surface area contributed by atoms with Crippen LogP contribution >= 0.6 is 23.2 Å². The molecule has 4 aromatic rings. The number of hydrogen-bond acceptors (Lipinski definition) is 9. The summed E-state index contributed by atoms with van der Waals surface area (Å²) in [5.41, 5.74) is 4.78. The Balaban J connectivity index is 1.25. The first-order chi connectivity index (χ1) is 18.5. The third kappa shape index (κ3) is 6.56. The third-order valence-electron chi connectivity index (χ3n) is 5.66. The first-order valence-corrected chi connectivity index (χ1v) is 12.7. The van der Waals surface area contributed by atoms with Gasteiger partial charge in [0.25, 0.3) is 0 Å². The minimum Gasteiger partial charge on any atom is -0.423 e. The zero-order chi connectivity index (χ0) is 26.3. The summed E-state index contributed by atoms with van der Waals surface area (Å²) in [5.74, 6) is 1.15. The fourth-order valence-electron chi connectivity index (χ4n) is 3.78. The lowest BCUT2D eigenvalue weighted by Gasteiger charge is -2.16. The van der Waals surface area contributed by atoms with Gasteiger partial charge in [-0.2, -0.15) is 20.1 Å². The van der Waals surface area contributed by atoms with E-state index in [1.54, 1.807) is 36.5 Å². The molecular formula is C27H23Cl2N7O2. The number of hydrazone groups is 1. The summed E-state index contributed by atoms with van der Waals surface area (Å²) in [6.07, 6.45) is 3.82. The average molecular weight is 548 g/mol. The largest absolute Gasteiger partial charge is 0.423 e. The van der Waals surface area contributed by atoms with Crippen molar-refractivity contribution in [2.45, 2.75) is 12.8 Å². The number of aromatic nitrogens is 3. The quantitative estimate of drug-likeness (QED) is 0.116. The van der Waals surface area contributed by atoms with Crippen molar-refractivity contribution < 1.29 is 9.53 Å². The second kappa shape index (κ2) is 11.9. The maximum Gasteiger partial charge on any atom is 0.345 e. The molecule has 38 heavy (non-hydrogen) atoms. The van der Waals surface area contributed by atoms with Gasteiger partial charge < -0.3 is 15.0 Å². The molecule has 0 aliphatic carbocycles. The van der Waals surface area contributed by atoms with Crippen LogP contribution in [-0.4, -0.2) is 40.2 Å². The molecule has 0 radical (unpaired) electrons. The highest BCUT2D eigenvalue weighted by molar-refractivity contribution is 6.36. The first-order valence-electron chi connectivity index (χ1n) is 11.9. The van der Waals surface area contributed by atoms with Crippen molar-refractivity contribution >= 4 is 58.9 Å².